The highest BCUT2D eigenvalue weighted by Crippen LogP contribution is 2.43. The third-order valence-corrected chi connectivity index (χ3v) is 11.0. The van der Waals surface area contributed by atoms with Crippen LogP contribution in [0.15, 0.2) is 65.6 Å². The van der Waals surface area contributed by atoms with E-state index in [1.54, 1.807) is 24.3 Å². The highest BCUT2D eigenvalue weighted by molar-refractivity contribution is 8.13. The number of aryl methyl sites for hydroxylation is 6. The Morgan fingerprint density at radius 1 is 0.491 bits per heavy atom. The molecule has 0 aliphatic carbocycles. The molecule has 276 valence electrons. The number of fused-ring (bicyclic) bond motifs is 9. The van der Waals surface area contributed by atoms with Crippen molar-refractivity contribution in [3.05, 3.63) is 129 Å². The summed E-state index contributed by atoms with van der Waals surface area (Å²) in [4.78, 5) is 26.4. The molecule has 1 aliphatic rings. The fraction of sp³-hybridized carbons (Fsp3) is 0.156. The topological polar surface area (TPSA) is 77.3 Å². The van der Waals surface area contributed by atoms with Gasteiger partial charge in [0.1, 0.15) is 0 Å². The van der Waals surface area contributed by atoms with Crippen LogP contribution in [0.25, 0.3) is 78.6 Å². The number of carbonyl (C=O) groups is 1. The van der Waals surface area contributed by atoms with Crippen LogP contribution >= 0.6 is 11.8 Å². The summed E-state index contributed by atoms with van der Waals surface area (Å²) in [6, 6.07) is 19.7. The zero-order valence-electron chi connectivity index (χ0n) is 31.2. The fourth-order valence-corrected chi connectivity index (χ4v) is 8.80. The maximum atomic E-state index is 16.4. The molecular formula is C45H36F4N4OS. The van der Waals surface area contributed by atoms with Crippen LogP contribution in [0.5, 0.6) is 0 Å². The number of thioether (sulfide) groups is 1. The Morgan fingerprint density at radius 2 is 0.836 bits per heavy atom. The van der Waals surface area contributed by atoms with Crippen molar-refractivity contribution in [1.82, 2.24) is 19.9 Å². The first-order valence-electron chi connectivity index (χ1n) is 17.8. The van der Waals surface area contributed by atoms with Gasteiger partial charge in [0.25, 0.3) is 0 Å². The first kappa shape index (κ1) is 36.1. The van der Waals surface area contributed by atoms with Crippen molar-refractivity contribution in [3.8, 4) is 33.4 Å². The Hall–Kier alpha value is -5.87. The van der Waals surface area contributed by atoms with E-state index in [1.807, 2.05) is 65.8 Å². The molecule has 3 aromatic carbocycles. The van der Waals surface area contributed by atoms with Gasteiger partial charge < -0.3 is 15.0 Å². The number of aromatic nitrogens is 4. The largest absolute Gasteiger partial charge is 0.354 e. The molecule has 7 aromatic rings. The Morgan fingerprint density at radius 3 is 1.25 bits per heavy atom. The summed E-state index contributed by atoms with van der Waals surface area (Å²) in [6.45, 7) is 13.2. The smallest absolute Gasteiger partial charge is 0.190 e. The van der Waals surface area contributed by atoms with Gasteiger partial charge in [0.15, 0.2) is 28.4 Å². The molecule has 0 saturated carbocycles. The predicted molar refractivity (Wildman–Crippen MR) is 216 cm³/mol. The fourth-order valence-electron chi connectivity index (χ4n) is 8.15. The highest BCUT2D eigenvalue weighted by Gasteiger charge is 2.30. The van der Waals surface area contributed by atoms with Crippen LogP contribution in [0.4, 0.5) is 17.6 Å². The van der Waals surface area contributed by atoms with Crippen LogP contribution in [-0.2, 0) is 4.79 Å². The van der Waals surface area contributed by atoms with Crippen LogP contribution in [0.3, 0.4) is 0 Å². The summed E-state index contributed by atoms with van der Waals surface area (Å²) in [5.74, 6) is -6.60. The minimum atomic E-state index is -1.66. The SMILES string of the molecule is CC(=O)Sc1c(F)c(F)c(-c2c3nc(c(-c4c(C)cc(C)cc4C)c4ccc([nH]4)c4ccc([nH]4)c(-c4c(C)cc(C)cc4C)c4ccc2[nH]4)C=C3)c(F)c1F. The quantitative estimate of drug-likeness (QED) is 0.0951. The van der Waals surface area contributed by atoms with Crippen LogP contribution in [-0.4, -0.2) is 25.1 Å². The molecule has 0 saturated heterocycles. The average molecular weight is 757 g/mol. The minimum absolute atomic E-state index is 0.0827. The predicted octanol–water partition coefficient (Wildman–Crippen LogP) is 12.7. The van der Waals surface area contributed by atoms with E-state index < -0.39 is 38.8 Å². The number of H-pyrrole nitrogens is 3. The number of carbonyl (C=O) groups excluding carboxylic acids is 1. The lowest BCUT2D eigenvalue weighted by Crippen LogP contribution is -2.05. The number of hydrogen-bond acceptors (Lipinski definition) is 3. The zero-order chi connectivity index (χ0) is 39.0. The maximum absolute atomic E-state index is 16.4. The maximum Gasteiger partial charge on any atom is 0.190 e. The van der Waals surface area contributed by atoms with Crippen molar-refractivity contribution >= 4 is 62.1 Å². The zero-order valence-corrected chi connectivity index (χ0v) is 32.0. The van der Waals surface area contributed by atoms with Gasteiger partial charge in [0.2, 0.25) is 0 Å². The molecule has 8 rings (SSSR count). The van der Waals surface area contributed by atoms with E-state index in [0.29, 0.717) is 11.2 Å². The standard InChI is InChI=1S/C45H36F4N4OS/c1-20-16-22(3)35(23(4)17-20)37-29-10-8-27(50-29)28-9-11-30(51-28)38(36-24(5)18-21(2)19-25(36)6)32-13-15-34(53-32)39(33-14-12-31(37)52-33)40-41(46)43(48)45(55-26(7)54)44(49)42(40)47/h8-19,50-52H,1-7H3. The van der Waals surface area contributed by atoms with Crippen LogP contribution < -0.4 is 0 Å². The highest BCUT2D eigenvalue weighted by atomic mass is 32.2. The van der Waals surface area contributed by atoms with E-state index in [9.17, 15) is 4.79 Å². The molecule has 10 heteroatoms. The second-order valence-corrected chi connectivity index (χ2v) is 15.5. The van der Waals surface area contributed by atoms with Crippen LogP contribution in [0.2, 0.25) is 0 Å². The van der Waals surface area contributed by atoms with Crippen LogP contribution in [0.1, 0.15) is 51.7 Å². The van der Waals surface area contributed by atoms with Crippen molar-refractivity contribution in [3.63, 3.8) is 0 Å². The summed E-state index contributed by atoms with van der Waals surface area (Å²) in [5.41, 5.74) is 13.0. The molecule has 0 atom stereocenters. The number of nitrogens with zero attached hydrogens (tertiary/aromatic N) is 1. The second-order valence-electron chi connectivity index (χ2n) is 14.3. The van der Waals surface area contributed by atoms with Gasteiger partial charge in [-0.3, -0.25) is 4.79 Å². The molecule has 55 heavy (non-hydrogen) atoms. The first-order chi connectivity index (χ1) is 26.2. The van der Waals surface area contributed by atoms with Gasteiger partial charge in [-0.05, 0) is 135 Å². The summed E-state index contributed by atoms with van der Waals surface area (Å²) >= 11 is 0.0963. The van der Waals surface area contributed by atoms with Gasteiger partial charge in [-0.1, -0.05) is 35.4 Å². The van der Waals surface area contributed by atoms with Crippen molar-refractivity contribution in [2.24, 2.45) is 0 Å². The Labute approximate surface area is 318 Å². The van der Waals surface area contributed by atoms with Gasteiger partial charge in [-0.25, -0.2) is 22.5 Å². The van der Waals surface area contributed by atoms with E-state index in [4.69, 9.17) is 4.98 Å². The van der Waals surface area contributed by atoms with Crippen molar-refractivity contribution in [1.29, 1.82) is 0 Å². The molecule has 0 unspecified atom stereocenters. The molecule has 3 N–H and O–H groups in total. The molecule has 5 heterocycles. The molecule has 0 radical (unpaired) electrons. The number of aromatic amines is 3. The van der Waals surface area contributed by atoms with Crippen molar-refractivity contribution < 1.29 is 22.4 Å². The molecule has 0 fully saturated rings. The summed E-state index contributed by atoms with van der Waals surface area (Å²) in [6.07, 6.45) is 3.34. The molecule has 8 bridgehead atoms. The van der Waals surface area contributed by atoms with E-state index in [2.05, 4.69) is 39.2 Å². The monoisotopic (exact) mass is 756 g/mol. The lowest BCUT2D eigenvalue weighted by Gasteiger charge is -2.13. The summed E-state index contributed by atoms with van der Waals surface area (Å²) in [7, 11) is 0. The third kappa shape index (κ3) is 6.05. The summed E-state index contributed by atoms with van der Waals surface area (Å²) < 4.78 is 64.3. The van der Waals surface area contributed by atoms with Gasteiger partial charge in [0.05, 0.1) is 32.9 Å². The number of hydrogen-bond donors (Lipinski definition) is 3. The molecular weight excluding hydrogens is 721 g/mol. The Bertz CT molecular complexity index is 2870. The Balaban J connectivity index is 1.61. The van der Waals surface area contributed by atoms with Crippen molar-refractivity contribution in [2.75, 3.05) is 0 Å². The van der Waals surface area contributed by atoms with E-state index in [0.717, 1.165) is 84.6 Å². The third-order valence-electron chi connectivity index (χ3n) is 10.2. The minimum Gasteiger partial charge on any atom is -0.354 e. The molecule has 4 aromatic heterocycles. The number of halogens is 4. The van der Waals surface area contributed by atoms with Gasteiger partial charge in [-0.15, -0.1) is 0 Å². The van der Waals surface area contributed by atoms with Crippen molar-refractivity contribution in [2.45, 2.75) is 53.4 Å². The van der Waals surface area contributed by atoms with Gasteiger partial charge >= 0.3 is 0 Å². The molecule has 0 spiro atoms. The Kier molecular flexibility index (Phi) is 8.84. The average Bonchev–Trinajstić information content (AvgIpc) is 3.95. The van der Waals surface area contributed by atoms with E-state index in [1.165, 1.54) is 0 Å². The van der Waals surface area contributed by atoms with E-state index >= 15 is 17.6 Å². The molecule has 0 amide bonds. The van der Waals surface area contributed by atoms with E-state index in [-0.39, 0.29) is 28.5 Å². The second kappa shape index (κ2) is 13.5. The number of benzene rings is 3. The lowest BCUT2D eigenvalue weighted by atomic mass is 9.92. The molecule has 5 nitrogen and oxygen atoms in total. The number of rotatable bonds is 4. The number of nitrogens with one attached hydrogen (secondary N) is 3. The van der Waals surface area contributed by atoms with Gasteiger partial charge in [0, 0.05) is 45.7 Å². The lowest BCUT2D eigenvalue weighted by molar-refractivity contribution is -0.109. The normalized spacial score (nSPS) is 12.0. The summed E-state index contributed by atoms with van der Waals surface area (Å²) in [5, 5.41) is -0.725. The van der Waals surface area contributed by atoms with Crippen LogP contribution in [0, 0.1) is 64.8 Å². The van der Waals surface area contributed by atoms with Gasteiger partial charge in [-0.2, -0.15) is 0 Å². The molecule has 1 aliphatic heterocycles. The first-order valence-corrected chi connectivity index (χ1v) is 18.6.